The molecule has 2 aromatic rings. The number of nitrogens with two attached hydrogens (primary N) is 1. The van der Waals surface area contributed by atoms with Gasteiger partial charge in [-0.1, -0.05) is 51.3 Å². The third-order valence-corrected chi connectivity index (χ3v) is 5.26. The fourth-order valence-electron chi connectivity index (χ4n) is 2.52. The molecule has 0 bridgehead atoms. The summed E-state index contributed by atoms with van der Waals surface area (Å²) in [6.45, 7) is 1.80. The Morgan fingerprint density at radius 2 is 1.68 bits per heavy atom. The van der Waals surface area contributed by atoms with Crippen molar-refractivity contribution < 1.29 is 18.3 Å². The van der Waals surface area contributed by atoms with Gasteiger partial charge in [0.25, 0.3) is 0 Å². The number of benzene rings is 2. The predicted molar refractivity (Wildman–Crippen MR) is 96.8 cm³/mol. The molecule has 8 heteroatoms. The molecular weight excluding hydrogens is 442 g/mol. The van der Waals surface area contributed by atoms with Crippen molar-refractivity contribution in [3.8, 4) is 0 Å². The van der Waals surface area contributed by atoms with Gasteiger partial charge in [-0.05, 0) is 47.9 Å². The van der Waals surface area contributed by atoms with E-state index in [0.717, 1.165) is 22.2 Å². The van der Waals surface area contributed by atoms with E-state index in [0.29, 0.717) is 5.56 Å². The standard InChI is InChI=1S/C17H15BrCl2F3NO/c1-9-4-10(2-3-14(9)18)15(24)8-16(25,17(21,22)23)11-5-12(19)7-13(20)6-11/h2-7,15,25H,8,24H2,1H3. The highest BCUT2D eigenvalue weighted by atomic mass is 79.9. The number of rotatable bonds is 4. The van der Waals surface area contributed by atoms with Crippen molar-refractivity contribution in [3.05, 3.63) is 67.6 Å². The molecule has 0 fully saturated rings. The molecule has 0 aromatic heterocycles. The van der Waals surface area contributed by atoms with Gasteiger partial charge in [0.15, 0.2) is 5.60 Å². The van der Waals surface area contributed by atoms with Crippen molar-refractivity contribution >= 4 is 39.1 Å². The first-order valence-corrected chi connectivity index (χ1v) is 8.76. The summed E-state index contributed by atoms with van der Waals surface area (Å²) in [7, 11) is 0. The Labute approximate surface area is 161 Å². The van der Waals surface area contributed by atoms with Gasteiger partial charge in [-0.15, -0.1) is 0 Å². The summed E-state index contributed by atoms with van der Waals surface area (Å²) in [4.78, 5) is 0. The summed E-state index contributed by atoms with van der Waals surface area (Å²) in [5.41, 5.74) is 3.66. The summed E-state index contributed by atoms with van der Waals surface area (Å²) in [5.74, 6) is 0. The minimum absolute atomic E-state index is 0.00164. The first kappa shape index (κ1) is 20.5. The number of halogens is 6. The van der Waals surface area contributed by atoms with Crippen LogP contribution in [0.2, 0.25) is 10.0 Å². The summed E-state index contributed by atoms with van der Waals surface area (Å²) < 4.78 is 41.8. The molecule has 0 saturated heterocycles. The normalized spacial score (nSPS) is 15.7. The van der Waals surface area contributed by atoms with Crippen LogP contribution < -0.4 is 5.73 Å². The van der Waals surface area contributed by atoms with Gasteiger partial charge in [-0.25, -0.2) is 0 Å². The highest BCUT2D eigenvalue weighted by Crippen LogP contribution is 2.45. The maximum absolute atomic E-state index is 13.7. The molecule has 0 radical (unpaired) electrons. The topological polar surface area (TPSA) is 46.2 Å². The first-order chi connectivity index (χ1) is 11.4. The van der Waals surface area contributed by atoms with Crippen LogP contribution in [0.25, 0.3) is 0 Å². The zero-order chi connectivity index (χ0) is 19.0. The van der Waals surface area contributed by atoms with Gasteiger partial charge in [0.05, 0.1) is 0 Å². The Balaban J connectivity index is 2.45. The van der Waals surface area contributed by atoms with Gasteiger partial charge in [0.1, 0.15) is 0 Å². The maximum Gasteiger partial charge on any atom is 0.421 e. The molecule has 0 aliphatic heterocycles. The highest BCUT2D eigenvalue weighted by molar-refractivity contribution is 9.10. The molecule has 2 nitrogen and oxygen atoms in total. The number of alkyl halides is 3. The third kappa shape index (κ3) is 4.49. The van der Waals surface area contributed by atoms with Crippen LogP contribution in [0, 0.1) is 6.92 Å². The van der Waals surface area contributed by atoms with Crippen LogP contribution in [0.1, 0.15) is 29.2 Å². The molecule has 2 rings (SSSR count). The summed E-state index contributed by atoms with van der Waals surface area (Å²) in [5, 5.41) is 10.5. The first-order valence-electron chi connectivity index (χ1n) is 7.21. The van der Waals surface area contributed by atoms with Gasteiger partial charge < -0.3 is 10.8 Å². The fraction of sp³-hybridized carbons (Fsp3) is 0.294. The molecule has 0 spiro atoms. The Bertz CT molecular complexity index is 765. The van der Waals surface area contributed by atoms with Gasteiger partial charge >= 0.3 is 6.18 Å². The molecule has 0 aliphatic carbocycles. The Morgan fingerprint density at radius 1 is 1.12 bits per heavy atom. The van der Waals surface area contributed by atoms with Crippen LogP contribution in [0.3, 0.4) is 0 Å². The van der Waals surface area contributed by atoms with Crippen molar-refractivity contribution in [1.29, 1.82) is 0 Å². The fourth-order valence-corrected chi connectivity index (χ4v) is 3.30. The second kappa shape index (κ2) is 7.45. The second-order valence-electron chi connectivity index (χ2n) is 5.84. The lowest BCUT2D eigenvalue weighted by Gasteiger charge is -2.33. The maximum atomic E-state index is 13.7. The summed E-state index contributed by atoms with van der Waals surface area (Å²) >= 11 is 14.9. The predicted octanol–water partition coefficient (Wildman–Crippen LogP) is 5.90. The molecule has 136 valence electrons. The van der Waals surface area contributed by atoms with E-state index in [-0.39, 0.29) is 10.0 Å². The van der Waals surface area contributed by atoms with Crippen LogP contribution in [0.4, 0.5) is 13.2 Å². The Hall–Kier alpha value is -0.790. The zero-order valence-electron chi connectivity index (χ0n) is 13.0. The number of hydrogen-bond acceptors (Lipinski definition) is 2. The van der Waals surface area contributed by atoms with Crippen LogP contribution >= 0.6 is 39.1 Å². The minimum atomic E-state index is -4.96. The quantitative estimate of drug-likeness (QED) is 0.601. The second-order valence-corrected chi connectivity index (χ2v) is 7.56. The van der Waals surface area contributed by atoms with Crippen molar-refractivity contribution in [2.75, 3.05) is 0 Å². The lowest BCUT2D eigenvalue weighted by atomic mass is 9.84. The van der Waals surface area contributed by atoms with Gasteiger partial charge in [0.2, 0.25) is 0 Å². The lowest BCUT2D eigenvalue weighted by molar-refractivity contribution is -0.270. The van der Waals surface area contributed by atoms with Gasteiger partial charge in [0, 0.05) is 27.0 Å². The summed E-state index contributed by atoms with van der Waals surface area (Å²) in [6, 6.07) is 7.33. The minimum Gasteiger partial charge on any atom is -0.376 e. The third-order valence-electron chi connectivity index (χ3n) is 3.93. The largest absolute Gasteiger partial charge is 0.421 e. The van der Waals surface area contributed by atoms with E-state index in [9.17, 15) is 18.3 Å². The Morgan fingerprint density at radius 3 is 2.16 bits per heavy atom. The van der Waals surface area contributed by atoms with E-state index in [2.05, 4.69) is 15.9 Å². The van der Waals surface area contributed by atoms with E-state index >= 15 is 0 Å². The van der Waals surface area contributed by atoms with Crippen LogP contribution in [-0.2, 0) is 5.60 Å². The van der Waals surface area contributed by atoms with E-state index in [1.165, 1.54) is 6.07 Å². The van der Waals surface area contributed by atoms with Crippen molar-refractivity contribution in [2.45, 2.75) is 31.2 Å². The average Bonchev–Trinajstić information content (AvgIpc) is 2.47. The molecule has 0 heterocycles. The number of aliphatic hydroxyl groups is 1. The molecule has 25 heavy (non-hydrogen) atoms. The monoisotopic (exact) mass is 455 g/mol. The van der Waals surface area contributed by atoms with E-state index in [1.54, 1.807) is 25.1 Å². The van der Waals surface area contributed by atoms with E-state index in [1.807, 2.05) is 0 Å². The molecule has 2 unspecified atom stereocenters. The van der Waals surface area contributed by atoms with Crippen LogP contribution in [0.15, 0.2) is 40.9 Å². The number of aryl methyl sites for hydroxylation is 1. The average molecular weight is 457 g/mol. The van der Waals surface area contributed by atoms with Gasteiger partial charge in [-0.3, -0.25) is 0 Å². The molecule has 2 aromatic carbocycles. The molecule has 0 aliphatic rings. The molecule has 0 saturated carbocycles. The SMILES string of the molecule is Cc1cc(C(N)CC(O)(c2cc(Cl)cc(Cl)c2)C(F)(F)F)ccc1Br. The lowest BCUT2D eigenvalue weighted by Crippen LogP contribution is -2.44. The van der Waals surface area contributed by atoms with Crippen molar-refractivity contribution in [3.63, 3.8) is 0 Å². The zero-order valence-corrected chi connectivity index (χ0v) is 16.1. The van der Waals surface area contributed by atoms with Gasteiger partial charge in [-0.2, -0.15) is 13.2 Å². The molecule has 2 atom stereocenters. The van der Waals surface area contributed by atoms with E-state index < -0.39 is 29.8 Å². The molecule has 0 amide bonds. The molecule has 3 N–H and O–H groups in total. The van der Waals surface area contributed by atoms with Crippen molar-refractivity contribution in [1.82, 2.24) is 0 Å². The van der Waals surface area contributed by atoms with Crippen LogP contribution in [0.5, 0.6) is 0 Å². The highest BCUT2D eigenvalue weighted by Gasteiger charge is 2.55. The number of hydrogen-bond donors (Lipinski definition) is 2. The molecular formula is C17H15BrCl2F3NO. The smallest absolute Gasteiger partial charge is 0.376 e. The Kier molecular flexibility index (Phi) is 6.11. The van der Waals surface area contributed by atoms with E-state index in [4.69, 9.17) is 28.9 Å². The summed E-state index contributed by atoms with van der Waals surface area (Å²) in [6.07, 6.45) is -5.72. The van der Waals surface area contributed by atoms with Crippen molar-refractivity contribution in [2.24, 2.45) is 5.73 Å². The van der Waals surface area contributed by atoms with Crippen LogP contribution in [-0.4, -0.2) is 11.3 Å².